The first-order valence-corrected chi connectivity index (χ1v) is 8.26. The third-order valence-electron chi connectivity index (χ3n) is 4.46. The van der Waals surface area contributed by atoms with Crippen molar-refractivity contribution in [3.8, 4) is 5.75 Å². The number of carbonyl (C=O) groups excluding carboxylic acids is 1. The SMILES string of the molecule is COc1ccccc1N1C(=O)c2ccccc2N[C@@H]1c1ccc(F)cc1. The van der Waals surface area contributed by atoms with Crippen LogP contribution < -0.4 is 15.0 Å². The first-order chi connectivity index (χ1) is 12.7. The fourth-order valence-corrected chi connectivity index (χ4v) is 3.21. The van der Waals surface area contributed by atoms with Crippen LogP contribution in [0.2, 0.25) is 0 Å². The quantitative estimate of drug-likeness (QED) is 0.752. The fraction of sp³-hybridized carbons (Fsp3) is 0.0952. The Bertz CT molecular complexity index is 956. The lowest BCUT2D eigenvalue weighted by atomic mass is 10.0. The first-order valence-electron chi connectivity index (χ1n) is 8.26. The van der Waals surface area contributed by atoms with E-state index in [1.807, 2.05) is 42.5 Å². The van der Waals surface area contributed by atoms with Crippen molar-refractivity contribution in [3.63, 3.8) is 0 Å². The number of hydrogen-bond donors (Lipinski definition) is 1. The zero-order valence-corrected chi connectivity index (χ0v) is 14.1. The highest BCUT2D eigenvalue weighted by Gasteiger charge is 2.35. The van der Waals surface area contributed by atoms with Gasteiger partial charge < -0.3 is 10.1 Å². The van der Waals surface area contributed by atoms with Gasteiger partial charge in [-0.2, -0.15) is 0 Å². The number of halogens is 1. The van der Waals surface area contributed by atoms with Crippen LogP contribution in [0.4, 0.5) is 15.8 Å². The molecule has 130 valence electrons. The second-order valence-corrected chi connectivity index (χ2v) is 5.99. The van der Waals surface area contributed by atoms with Gasteiger partial charge in [0.05, 0.1) is 18.4 Å². The first kappa shape index (κ1) is 16.1. The minimum absolute atomic E-state index is 0.141. The highest BCUT2D eigenvalue weighted by molar-refractivity contribution is 6.12. The number of ether oxygens (including phenoxy) is 1. The number of methoxy groups -OCH3 is 1. The molecule has 1 heterocycles. The number of carbonyl (C=O) groups is 1. The highest BCUT2D eigenvalue weighted by Crippen LogP contribution is 2.40. The molecule has 1 N–H and O–H groups in total. The molecule has 5 heteroatoms. The summed E-state index contributed by atoms with van der Waals surface area (Å²) in [5, 5.41) is 3.39. The molecule has 1 aliphatic rings. The van der Waals surface area contributed by atoms with E-state index in [2.05, 4.69) is 5.32 Å². The van der Waals surface area contributed by atoms with E-state index < -0.39 is 6.17 Å². The molecule has 0 aliphatic carbocycles. The predicted octanol–water partition coefficient (Wildman–Crippen LogP) is 4.61. The van der Waals surface area contributed by atoms with E-state index in [-0.39, 0.29) is 11.7 Å². The van der Waals surface area contributed by atoms with Crippen molar-refractivity contribution >= 4 is 17.3 Å². The molecule has 3 aromatic carbocycles. The number of benzene rings is 3. The van der Waals surface area contributed by atoms with E-state index in [1.54, 1.807) is 30.2 Å². The molecule has 0 radical (unpaired) electrons. The number of rotatable bonds is 3. The Kier molecular flexibility index (Phi) is 4.05. The number of fused-ring (bicyclic) bond motifs is 1. The summed E-state index contributed by atoms with van der Waals surface area (Å²) in [6.45, 7) is 0. The molecule has 0 saturated carbocycles. The second-order valence-electron chi connectivity index (χ2n) is 5.99. The van der Waals surface area contributed by atoms with Crippen molar-refractivity contribution in [1.82, 2.24) is 0 Å². The average Bonchev–Trinajstić information content (AvgIpc) is 2.68. The molecule has 0 unspecified atom stereocenters. The number of amides is 1. The van der Waals surface area contributed by atoms with Crippen LogP contribution in [0.5, 0.6) is 5.75 Å². The zero-order valence-electron chi connectivity index (χ0n) is 14.1. The maximum atomic E-state index is 13.4. The molecule has 0 aromatic heterocycles. The maximum Gasteiger partial charge on any atom is 0.262 e. The van der Waals surface area contributed by atoms with E-state index >= 15 is 0 Å². The maximum absolute atomic E-state index is 13.4. The lowest BCUT2D eigenvalue weighted by Gasteiger charge is -2.38. The van der Waals surface area contributed by atoms with Crippen LogP contribution in [0.3, 0.4) is 0 Å². The molecule has 0 fully saturated rings. The Morgan fingerprint density at radius 1 is 0.962 bits per heavy atom. The molecule has 3 aromatic rings. The third kappa shape index (κ3) is 2.67. The highest BCUT2D eigenvalue weighted by atomic mass is 19.1. The average molecular weight is 348 g/mol. The van der Waals surface area contributed by atoms with E-state index in [1.165, 1.54) is 12.1 Å². The van der Waals surface area contributed by atoms with Gasteiger partial charge in [0, 0.05) is 5.69 Å². The lowest BCUT2D eigenvalue weighted by Crippen LogP contribution is -2.43. The Morgan fingerprint density at radius 2 is 1.65 bits per heavy atom. The van der Waals surface area contributed by atoms with Gasteiger partial charge in [-0.25, -0.2) is 4.39 Å². The van der Waals surface area contributed by atoms with E-state index in [9.17, 15) is 9.18 Å². The summed E-state index contributed by atoms with van der Waals surface area (Å²) in [6.07, 6.45) is -0.478. The van der Waals surface area contributed by atoms with E-state index in [0.29, 0.717) is 17.0 Å². The van der Waals surface area contributed by atoms with Crippen LogP contribution in [-0.2, 0) is 0 Å². The molecule has 0 saturated heterocycles. The van der Waals surface area contributed by atoms with Crippen molar-refractivity contribution in [3.05, 3.63) is 89.7 Å². The summed E-state index contributed by atoms with van der Waals surface area (Å²) in [5.74, 6) is 0.132. The van der Waals surface area contributed by atoms with Crippen molar-refractivity contribution in [2.75, 3.05) is 17.3 Å². The van der Waals surface area contributed by atoms with Gasteiger partial charge in [0.2, 0.25) is 0 Å². The van der Waals surface area contributed by atoms with Gasteiger partial charge in [-0.05, 0) is 42.0 Å². The Morgan fingerprint density at radius 3 is 2.42 bits per heavy atom. The van der Waals surface area contributed by atoms with Gasteiger partial charge in [-0.15, -0.1) is 0 Å². The van der Waals surface area contributed by atoms with Crippen molar-refractivity contribution in [2.24, 2.45) is 0 Å². The number of nitrogens with zero attached hydrogens (tertiary/aromatic N) is 1. The fourth-order valence-electron chi connectivity index (χ4n) is 3.21. The zero-order chi connectivity index (χ0) is 18.1. The van der Waals surface area contributed by atoms with Crippen molar-refractivity contribution in [1.29, 1.82) is 0 Å². The minimum Gasteiger partial charge on any atom is -0.495 e. The summed E-state index contributed by atoms with van der Waals surface area (Å²) >= 11 is 0. The van der Waals surface area contributed by atoms with E-state index in [4.69, 9.17) is 4.74 Å². The monoisotopic (exact) mass is 348 g/mol. The molecule has 4 rings (SSSR count). The normalized spacial score (nSPS) is 16.0. The molecular formula is C21H17FN2O2. The number of para-hydroxylation sites is 3. The third-order valence-corrected chi connectivity index (χ3v) is 4.46. The number of hydrogen-bond acceptors (Lipinski definition) is 3. The van der Waals surface area contributed by atoms with Gasteiger partial charge in [0.25, 0.3) is 5.91 Å². The summed E-state index contributed by atoms with van der Waals surface area (Å²) in [7, 11) is 1.57. The topological polar surface area (TPSA) is 41.6 Å². The van der Waals surface area contributed by atoms with Gasteiger partial charge in [0.15, 0.2) is 0 Å². The molecule has 0 bridgehead atoms. The Balaban J connectivity index is 1.89. The molecule has 0 spiro atoms. The second kappa shape index (κ2) is 6.52. The summed E-state index contributed by atoms with van der Waals surface area (Å²) in [4.78, 5) is 14.9. The molecule has 1 aliphatic heterocycles. The Labute approximate surface area is 150 Å². The van der Waals surface area contributed by atoms with Gasteiger partial charge in [-0.1, -0.05) is 36.4 Å². The van der Waals surface area contributed by atoms with Crippen LogP contribution >= 0.6 is 0 Å². The number of nitrogens with one attached hydrogen (secondary N) is 1. The molecule has 1 atom stereocenters. The summed E-state index contributed by atoms with van der Waals surface area (Å²) in [5.41, 5.74) is 2.76. The number of anilines is 2. The largest absolute Gasteiger partial charge is 0.495 e. The molecule has 26 heavy (non-hydrogen) atoms. The van der Waals surface area contributed by atoms with Gasteiger partial charge in [0.1, 0.15) is 17.7 Å². The summed E-state index contributed by atoms with van der Waals surface area (Å²) in [6, 6.07) is 20.8. The smallest absolute Gasteiger partial charge is 0.262 e. The van der Waals surface area contributed by atoms with Crippen molar-refractivity contribution < 1.29 is 13.9 Å². The van der Waals surface area contributed by atoms with Gasteiger partial charge in [-0.3, -0.25) is 9.69 Å². The predicted molar refractivity (Wildman–Crippen MR) is 99.0 cm³/mol. The summed E-state index contributed by atoms with van der Waals surface area (Å²) < 4.78 is 18.8. The standard InChI is InChI=1S/C21H17FN2O2/c1-26-19-9-5-4-8-18(19)24-20(14-10-12-15(22)13-11-14)23-17-7-3-2-6-16(17)21(24)25/h2-13,20,23H,1H3/t20-/m0/s1. The molecule has 4 nitrogen and oxygen atoms in total. The Hall–Kier alpha value is -3.34. The van der Waals surface area contributed by atoms with Crippen LogP contribution in [-0.4, -0.2) is 13.0 Å². The van der Waals surface area contributed by atoms with Crippen molar-refractivity contribution in [2.45, 2.75) is 6.17 Å². The van der Waals surface area contributed by atoms with Gasteiger partial charge >= 0.3 is 0 Å². The lowest BCUT2D eigenvalue weighted by molar-refractivity contribution is 0.0974. The molecule has 1 amide bonds. The van der Waals surface area contributed by atoms with Crippen LogP contribution in [0, 0.1) is 5.82 Å². The molecular weight excluding hydrogens is 331 g/mol. The van der Waals surface area contributed by atoms with E-state index in [0.717, 1.165) is 11.3 Å². The van der Waals surface area contributed by atoms with Crippen LogP contribution in [0.15, 0.2) is 72.8 Å². The van der Waals surface area contributed by atoms with Crippen LogP contribution in [0.1, 0.15) is 22.1 Å². The minimum atomic E-state index is -0.478. The van der Waals surface area contributed by atoms with Crippen LogP contribution in [0.25, 0.3) is 0 Å².